The highest BCUT2D eigenvalue weighted by molar-refractivity contribution is 4.74. The van der Waals surface area contributed by atoms with Gasteiger partial charge in [-0.05, 0) is 19.8 Å². The van der Waals surface area contributed by atoms with E-state index in [-0.39, 0.29) is 6.41 Å². The summed E-state index contributed by atoms with van der Waals surface area (Å²) in [5.41, 5.74) is 0. The number of rotatable bonds is 3. The number of likely N-dealkylation sites (tertiary alicyclic amines) is 1. The molecule has 0 aliphatic carbocycles. The second kappa shape index (κ2) is 4.04. The van der Waals surface area contributed by atoms with Gasteiger partial charge in [-0.2, -0.15) is 0 Å². The highest BCUT2D eigenvalue weighted by Gasteiger charge is 2.27. The summed E-state index contributed by atoms with van der Waals surface area (Å²) in [6.45, 7) is 3.30. The van der Waals surface area contributed by atoms with Crippen molar-refractivity contribution in [2.45, 2.75) is 32.2 Å². The summed E-state index contributed by atoms with van der Waals surface area (Å²) in [7, 11) is 3.36. The maximum Gasteiger partial charge on any atom is 0.218 e. The Balaban J connectivity index is 2.43. The summed E-state index contributed by atoms with van der Waals surface area (Å²) in [6, 6.07) is 0.597. The largest absolute Gasteiger partial charge is 0.343 e. The molecule has 1 rings (SSSR count). The number of hydrogen-bond donors (Lipinski definition) is 0. The smallest absolute Gasteiger partial charge is 0.218 e. The molecule has 1 saturated heterocycles. The quantitative estimate of drug-likeness (QED) is 0.574. The lowest BCUT2D eigenvalue weighted by Crippen LogP contribution is -2.40. The van der Waals surface area contributed by atoms with E-state index in [1.165, 1.54) is 12.8 Å². The lowest BCUT2D eigenvalue weighted by atomic mass is 10.2. The predicted octanol–water partition coefficient (Wildman–Crippen LogP) is 1.05. The first-order valence-electron chi connectivity index (χ1n) is 4.11. The summed E-state index contributed by atoms with van der Waals surface area (Å²) in [5.74, 6) is 0. The second-order valence-electron chi connectivity index (χ2n) is 3.01. The third-order valence-electron chi connectivity index (χ3n) is 2.28. The molecule has 0 spiro atoms. The van der Waals surface area contributed by atoms with E-state index in [0.717, 1.165) is 6.54 Å². The normalized spacial score (nSPS) is 26.7. The van der Waals surface area contributed by atoms with Crippen molar-refractivity contribution in [3.05, 3.63) is 0 Å². The van der Waals surface area contributed by atoms with E-state index in [1.807, 2.05) is 0 Å². The van der Waals surface area contributed by atoms with Crippen LogP contribution in [0.15, 0.2) is 0 Å². The minimum Gasteiger partial charge on any atom is -0.343 e. The molecule has 3 heteroatoms. The summed E-state index contributed by atoms with van der Waals surface area (Å²) in [6.07, 6.45) is 2.36. The Labute approximate surface area is 68.3 Å². The zero-order chi connectivity index (χ0) is 8.27. The highest BCUT2D eigenvalue weighted by Crippen LogP contribution is 2.19. The average Bonchev–Trinajstić information content (AvgIpc) is 2.40. The van der Waals surface area contributed by atoms with E-state index >= 15 is 0 Å². The van der Waals surface area contributed by atoms with Gasteiger partial charge in [-0.15, -0.1) is 0 Å². The standard InChI is InChI=1S/C8H17NO2/c1-7-5-4-6-9(7)8(10-2)11-3/h7-8H,4-6H2,1-3H3/t7-/m1/s1. The van der Waals surface area contributed by atoms with Crippen LogP contribution in [-0.4, -0.2) is 38.1 Å². The first-order chi connectivity index (χ1) is 5.29. The van der Waals surface area contributed by atoms with Crippen LogP contribution in [-0.2, 0) is 9.47 Å². The molecule has 0 aromatic rings. The lowest BCUT2D eigenvalue weighted by molar-refractivity contribution is -0.198. The maximum absolute atomic E-state index is 5.16. The van der Waals surface area contributed by atoms with Crippen LogP contribution < -0.4 is 0 Å². The van der Waals surface area contributed by atoms with Gasteiger partial charge in [0.2, 0.25) is 6.41 Å². The van der Waals surface area contributed by atoms with Gasteiger partial charge in [0.25, 0.3) is 0 Å². The van der Waals surface area contributed by atoms with Crippen LogP contribution in [0.4, 0.5) is 0 Å². The van der Waals surface area contributed by atoms with Gasteiger partial charge in [0.1, 0.15) is 0 Å². The maximum atomic E-state index is 5.16. The number of nitrogens with zero attached hydrogens (tertiary/aromatic N) is 1. The van der Waals surface area contributed by atoms with Crippen LogP contribution in [0.25, 0.3) is 0 Å². The minimum atomic E-state index is -0.146. The molecule has 0 aromatic heterocycles. The Morgan fingerprint density at radius 1 is 1.36 bits per heavy atom. The molecule has 11 heavy (non-hydrogen) atoms. The van der Waals surface area contributed by atoms with Crippen molar-refractivity contribution in [1.29, 1.82) is 0 Å². The Hall–Kier alpha value is -0.120. The third-order valence-corrected chi connectivity index (χ3v) is 2.28. The lowest BCUT2D eigenvalue weighted by Gasteiger charge is -2.28. The SMILES string of the molecule is COC(OC)N1CCC[C@H]1C. The van der Waals surface area contributed by atoms with Gasteiger partial charge in [-0.3, -0.25) is 4.90 Å². The summed E-state index contributed by atoms with van der Waals surface area (Å²) in [4.78, 5) is 2.24. The monoisotopic (exact) mass is 159 g/mol. The van der Waals surface area contributed by atoms with Gasteiger partial charge >= 0.3 is 0 Å². The molecule has 0 radical (unpaired) electrons. The van der Waals surface area contributed by atoms with Crippen molar-refractivity contribution in [3.8, 4) is 0 Å². The molecule has 0 saturated carbocycles. The molecule has 1 heterocycles. The van der Waals surface area contributed by atoms with Crippen LogP contribution in [0.2, 0.25) is 0 Å². The van der Waals surface area contributed by atoms with Gasteiger partial charge in [0.15, 0.2) is 0 Å². The summed E-state index contributed by atoms with van der Waals surface area (Å²) in [5, 5.41) is 0. The molecule has 0 N–H and O–H groups in total. The Morgan fingerprint density at radius 2 is 2.00 bits per heavy atom. The van der Waals surface area contributed by atoms with E-state index in [2.05, 4.69) is 11.8 Å². The van der Waals surface area contributed by atoms with Crippen molar-refractivity contribution in [2.24, 2.45) is 0 Å². The topological polar surface area (TPSA) is 21.7 Å². The molecular weight excluding hydrogens is 142 g/mol. The van der Waals surface area contributed by atoms with Gasteiger partial charge in [-0.25, -0.2) is 0 Å². The van der Waals surface area contributed by atoms with E-state index in [4.69, 9.17) is 9.47 Å². The van der Waals surface area contributed by atoms with Crippen LogP contribution in [0.3, 0.4) is 0 Å². The zero-order valence-electron chi connectivity index (χ0n) is 7.54. The molecule has 3 nitrogen and oxygen atoms in total. The molecule has 1 atom stereocenters. The highest BCUT2D eigenvalue weighted by atomic mass is 16.7. The zero-order valence-corrected chi connectivity index (χ0v) is 7.54. The summed E-state index contributed by atoms with van der Waals surface area (Å²) >= 11 is 0. The average molecular weight is 159 g/mol. The molecular formula is C8H17NO2. The first-order valence-corrected chi connectivity index (χ1v) is 4.11. The van der Waals surface area contributed by atoms with Crippen molar-refractivity contribution in [2.75, 3.05) is 20.8 Å². The number of ether oxygens (including phenoxy) is 2. The van der Waals surface area contributed by atoms with Gasteiger partial charge in [0.05, 0.1) is 0 Å². The minimum absolute atomic E-state index is 0.146. The fourth-order valence-electron chi connectivity index (χ4n) is 1.64. The first kappa shape index (κ1) is 8.97. The predicted molar refractivity (Wildman–Crippen MR) is 43.2 cm³/mol. The number of hydrogen-bond acceptors (Lipinski definition) is 3. The molecule has 1 fully saturated rings. The molecule has 0 amide bonds. The van der Waals surface area contributed by atoms with E-state index in [9.17, 15) is 0 Å². The van der Waals surface area contributed by atoms with Gasteiger partial charge in [0, 0.05) is 26.8 Å². The molecule has 0 aromatic carbocycles. The molecule has 1 aliphatic rings. The van der Waals surface area contributed by atoms with Crippen molar-refractivity contribution in [1.82, 2.24) is 4.90 Å². The van der Waals surface area contributed by atoms with Gasteiger partial charge < -0.3 is 9.47 Å². The Morgan fingerprint density at radius 3 is 2.36 bits per heavy atom. The molecule has 0 unspecified atom stereocenters. The Kier molecular flexibility index (Phi) is 3.30. The Bertz CT molecular complexity index is 115. The van der Waals surface area contributed by atoms with E-state index in [0.29, 0.717) is 6.04 Å². The van der Waals surface area contributed by atoms with Crippen molar-refractivity contribution >= 4 is 0 Å². The fraction of sp³-hybridized carbons (Fsp3) is 1.00. The van der Waals surface area contributed by atoms with Crippen LogP contribution in [0.5, 0.6) is 0 Å². The van der Waals surface area contributed by atoms with Gasteiger partial charge in [-0.1, -0.05) is 0 Å². The summed E-state index contributed by atoms with van der Waals surface area (Å²) < 4.78 is 10.3. The van der Waals surface area contributed by atoms with Crippen LogP contribution >= 0.6 is 0 Å². The molecule has 0 bridgehead atoms. The van der Waals surface area contributed by atoms with Crippen molar-refractivity contribution < 1.29 is 9.47 Å². The molecule has 66 valence electrons. The molecule has 1 aliphatic heterocycles. The van der Waals surface area contributed by atoms with Crippen LogP contribution in [0.1, 0.15) is 19.8 Å². The van der Waals surface area contributed by atoms with E-state index < -0.39 is 0 Å². The third kappa shape index (κ3) is 1.92. The second-order valence-corrected chi connectivity index (χ2v) is 3.01. The number of methoxy groups -OCH3 is 2. The van der Waals surface area contributed by atoms with Crippen molar-refractivity contribution in [3.63, 3.8) is 0 Å². The van der Waals surface area contributed by atoms with Crippen LogP contribution in [0, 0.1) is 0 Å². The van der Waals surface area contributed by atoms with E-state index in [1.54, 1.807) is 14.2 Å². The fourth-order valence-corrected chi connectivity index (χ4v) is 1.64.